The van der Waals surface area contributed by atoms with Crippen molar-refractivity contribution in [3.05, 3.63) is 0 Å². The fraction of sp³-hybridized carbons (Fsp3) is 0.792. The van der Waals surface area contributed by atoms with Crippen LogP contribution in [0.5, 0.6) is 0 Å². The first-order chi connectivity index (χ1) is 15.6. The van der Waals surface area contributed by atoms with Crippen molar-refractivity contribution in [3.8, 4) is 0 Å². The zero-order chi connectivity index (χ0) is 27.9. The number of carbonyl (C=O) groups excluding carboxylic acids is 5. The monoisotopic (exact) mass is 494 g/mol. The number of aliphatic hydroxyl groups excluding tert-OH is 4. The summed E-state index contributed by atoms with van der Waals surface area (Å²) in [5.41, 5.74) is 0. The van der Waals surface area contributed by atoms with Gasteiger partial charge in [-0.05, 0) is 48.0 Å². The fourth-order valence-corrected chi connectivity index (χ4v) is 2.47. The molecule has 1 aliphatic rings. The molecule has 5 unspecified atom stereocenters. The Bertz CT molecular complexity index is 546. The first-order valence-electron chi connectivity index (χ1n) is 11.5. The van der Waals surface area contributed by atoms with Crippen LogP contribution in [0.1, 0.15) is 93.9 Å². The Kier molecular flexibility index (Phi) is 29.5. The third-order valence-electron chi connectivity index (χ3n) is 3.44. The lowest BCUT2D eigenvalue weighted by molar-refractivity contribution is -0.158. The molecule has 0 spiro atoms. The van der Waals surface area contributed by atoms with Crippen molar-refractivity contribution in [1.29, 1.82) is 0 Å². The normalized spacial score (nSPS) is 18.6. The maximum atomic E-state index is 10.7. The van der Waals surface area contributed by atoms with Crippen LogP contribution < -0.4 is 0 Å². The summed E-state index contributed by atoms with van der Waals surface area (Å²) in [4.78, 5) is 50.7. The predicted molar refractivity (Wildman–Crippen MR) is 128 cm³/mol. The van der Waals surface area contributed by atoms with E-state index in [0.717, 1.165) is 6.29 Å². The van der Waals surface area contributed by atoms with Crippen molar-refractivity contribution in [2.75, 3.05) is 0 Å². The number of carbonyl (C=O) groups is 5. The van der Waals surface area contributed by atoms with Gasteiger partial charge in [-0.1, -0.05) is 13.8 Å². The molecule has 0 aromatic heterocycles. The molecule has 0 radical (unpaired) electrons. The number of hydrogen-bond acceptors (Lipinski definition) is 10. The molecule has 1 saturated heterocycles. The number of aldehydes is 1. The van der Waals surface area contributed by atoms with Crippen molar-refractivity contribution in [2.45, 2.75) is 124 Å². The molecule has 0 aromatic carbocycles. The average Bonchev–Trinajstić information content (AvgIpc) is 2.61. The lowest BCUT2D eigenvalue weighted by Gasteiger charge is -2.22. The van der Waals surface area contributed by atoms with Crippen LogP contribution in [0.25, 0.3) is 0 Å². The minimum Gasteiger partial charge on any atom is -0.462 e. The third-order valence-corrected chi connectivity index (χ3v) is 3.44. The van der Waals surface area contributed by atoms with E-state index < -0.39 is 24.4 Å². The number of cyclic esters (lactones) is 1. The minimum absolute atomic E-state index is 0.0480. The van der Waals surface area contributed by atoms with E-state index in [1.165, 1.54) is 27.7 Å². The van der Waals surface area contributed by atoms with Gasteiger partial charge in [-0.25, -0.2) is 0 Å². The summed E-state index contributed by atoms with van der Waals surface area (Å²) in [5, 5.41) is 35.4. The van der Waals surface area contributed by atoms with Crippen molar-refractivity contribution >= 4 is 29.6 Å². The van der Waals surface area contributed by atoms with Crippen LogP contribution >= 0.6 is 0 Å². The van der Waals surface area contributed by atoms with Gasteiger partial charge in [0.1, 0.15) is 29.7 Å². The summed E-state index contributed by atoms with van der Waals surface area (Å²) in [5.74, 6) is -0.678. The van der Waals surface area contributed by atoms with Crippen LogP contribution in [-0.2, 0) is 28.7 Å². The van der Waals surface area contributed by atoms with Gasteiger partial charge in [0.2, 0.25) is 0 Å². The van der Waals surface area contributed by atoms with Crippen LogP contribution in [0.2, 0.25) is 0 Å². The Morgan fingerprint density at radius 1 is 1.03 bits per heavy atom. The van der Waals surface area contributed by atoms with E-state index in [0.29, 0.717) is 6.42 Å². The molecule has 0 bridgehead atoms. The quantitative estimate of drug-likeness (QED) is 0.221. The Balaban J connectivity index is -0.000000181. The molecule has 1 fully saturated rings. The third kappa shape index (κ3) is 37.3. The maximum absolute atomic E-state index is 10.7. The Morgan fingerprint density at radius 2 is 1.50 bits per heavy atom. The van der Waals surface area contributed by atoms with Crippen molar-refractivity contribution in [3.63, 3.8) is 0 Å². The molecular weight excluding hydrogens is 448 g/mol. The van der Waals surface area contributed by atoms with E-state index >= 15 is 0 Å². The smallest absolute Gasteiger partial charge is 0.308 e. The molecule has 10 nitrogen and oxygen atoms in total. The standard InChI is InChI=1S/C7H14O3.C7H12O3.C6H10O3.C2H4O.C2H6/c2*1-5(8)3-7(10)4-6(2)9;1-4-2-5(7)3-6(8)9-4;1-2-3;1-2/h5,7-8,10H,3-4H2,1-2H3;5,8H,3-4H2,1-2H3;4-5,7H,2-3H2,1H3;2H,1H3;1-2H3. The van der Waals surface area contributed by atoms with Crippen LogP contribution in [0, 0.1) is 0 Å². The summed E-state index contributed by atoms with van der Waals surface area (Å²) in [6.45, 7) is 13.1. The predicted octanol–water partition coefficient (Wildman–Crippen LogP) is 1.71. The molecule has 0 saturated carbocycles. The molecule has 0 amide bonds. The first kappa shape index (κ1) is 39.2. The van der Waals surface area contributed by atoms with Gasteiger partial charge in [0.25, 0.3) is 0 Å². The molecule has 202 valence electrons. The molecule has 1 heterocycles. The van der Waals surface area contributed by atoms with Gasteiger partial charge >= 0.3 is 5.97 Å². The first-order valence-corrected chi connectivity index (χ1v) is 11.5. The SMILES string of the molecule is CC.CC(=O)CC(=O)CC(C)O.CC(=O)CC(O)CC(C)O.CC1CC(O)CC(=O)O1.CC=O. The summed E-state index contributed by atoms with van der Waals surface area (Å²) in [6, 6.07) is 0. The second kappa shape index (κ2) is 25.6. The van der Waals surface area contributed by atoms with Crippen molar-refractivity contribution in [2.24, 2.45) is 0 Å². The van der Waals surface area contributed by atoms with E-state index in [9.17, 15) is 19.2 Å². The van der Waals surface area contributed by atoms with Crippen molar-refractivity contribution in [1.82, 2.24) is 0 Å². The number of ether oxygens (including phenoxy) is 1. The molecular formula is C24H46O10. The van der Waals surface area contributed by atoms with Crippen LogP contribution in [0.3, 0.4) is 0 Å². The highest BCUT2D eigenvalue weighted by Crippen LogP contribution is 2.13. The average molecular weight is 495 g/mol. The highest BCUT2D eigenvalue weighted by molar-refractivity contribution is 5.98. The Labute approximate surface area is 203 Å². The number of rotatable bonds is 8. The lowest BCUT2D eigenvalue weighted by Crippen LogP contribution is -2.30. The molecule has 1 rings (SSSR count). The van der Waals surface area contributed by atoms with E-state index in [1.807, 2.05) is 13.8 Å². The summed E-state index contributed by atoms with van der Waals surface area (Å²) in [7, 11) is 0. The summed E-state index contributed by atoms with van der Waals surface area (Å²) in [6.07, 6.45) is -0.508. The highest BCUT2D eigenvalue weighted by atomic mass is 16.5. The maximum Gasteiger partial charge on any atom is 0.308 e. The lowest BCUT2D eigenvalue weighted by atomic mass is 10.1. The second-order valence-corrected chi connectivity index (χ2v) is 7.75. The largest absolute Gasteiger partial charge is 0.462 e. The van der Waals surface area contributed by atoms with Gasteiger partial charge in [-0.3, -0.25) is 19.2 Å². The highest BCUT2D eigenvalue weighted by Gasteiger charge is 2.23. The van der Waals surface area contributed by atoms with Crippen molar-refractivity contribution < 1.29 is 49.1 Å². The Morgan fingerprint density at radius 3 is 1.79 bits per heavy atom. The topological polar surface area (TPSA) is 175 Å². The number of aliphatic hydroxyl groups is 4. The fourth-order valence-electron chi connectivity index (χ4n) is 2.47. The van der Waals surface area contributed by atoms with E-state index in [4.69, 9.17) is 30.0 Å². The van der Waals surface area contributed by atoms with Gasteiger partial charge < -0.3 is 30.0 Å². The van der Waals surface area contributed by atoms with Crippen LogP contribution in [-0.4, -0.2) is 80.6 Å². The molecule has 1 aliphatic heterocycles. The zero-order valence-electron chi connectivity index (χ0n) is 21.9. The van der Waals surface area contributed by atoms with E-state index in [2.05, 4.69) is 0 Å². The molecule has 10 heteroatoms. The van der Waals surface area contributed by atoms with Gasteiger partial charge in [-0.15, -0.1) is 0 Å². The van der Waals surface area contributed by atoms with E-state index in [1.54, 1.807) is 13.8 Å². The number of ketones is 3. The van der Waals surface area contributed by atoms with Gasteiger partial charge in [0.05, 0.1) is 37.3 Å². The number of Topliss-reactive ketones (excluding diaryl/α,β-unsaturated/α-hetero) is 3. The molecule has 0 aromatic rings. The van der Waals surface area contributed by atoms with Gasteiger partial charge in [0, 0.05) is 19.3 Å². The van der Waals surface area contributed by atoms with E-state index in [-0.39, 0.29) is 61.5 Å². The summed E-state index contributed by atoms with van der Waals surface area (Å²) >= 11 is 0. The molecule has 5 atom stereocenters. The number of esters is 1. The Hall–Kier alpha value is -2.01. The minimum atomic E-state index is -0.683. The second-order valence-electron chi connectivity index (χ2n) is 7.75. The molecule has 4 N–H and O–H groups in total. The van der Waals surface area contributed by atoms with Crippen LogP contribution in [0.4, 0.5) is 0 Å². The van der Waals surface area contributed by atoms with Crippen LogP contribution in [0.15, 0.2) is 0 Å². The molecule has 34 heavy (non-hydrogen) atoms. The molecule has 0 aliphatic carbocycles. The van der Waals surface area contributed by atoms with Gasteiger partial charge in [-0.2, -0.15) is 0 Å². The zero-order valence-corrected chi connectivity index (χ0v) is 21.9. The van der Waals surface area contributed by atoms with Gasteiger partial charge in [0.15, 0.2) is 0 Å². The number of hydrogen-bond donors (Lipinski definition) is 4. The summed E-state index contributed by atoms with van der Waals surface area (Å²) < 4.78 is 4.76.